The summed E-state index contributed by atoms with van der Waals surface area (Å²) in [5, 5.41) is 4.95. The van der Waals surface area contributed by atoms with Gasteiger partial charge in [-0.15, -0.1) is 11.3 Å². The molecule has 1 N–H and O–H groups in total. The van der Waals surface area contributed by atoms with Crippen LogP contribution >= 0.6 is 11.3 Å². The first-order valence-electron chi connectivity index (χ1n) is 9.05. The van der Waals surface area contributed by atoms with E-state index in [9.17, 15) is 14.0 Å². The van der Waals surface area contributed by atoms with Crippen LogP contribution in [0.3, 0.4) is 0 Å². The zero-order valence-electron chi connectivity index (χ0n) is 16.6. The molecule has 0 unspecified atom stereocenters. The molecule has 0 fully saturated rings. The lowest BCUT2D eigenvalue weighted by Crippen LogP contribution is -2.30. The van der Waals surface area contributed by atoms with Crippen LogP contribution in [0.2, 0.25) is 0 Å². The number of hydrogen-bond acceptors (Lipinski definition) is 5. The van der Waals surface area contributed by atoms with E-state index in [1.165, 1.54) is 30.4 Å². The molecule has 1 aromatic heterocycles. The van der Waals surface area contributed by atoms with E-state index in [-0.39, 0.29) is 11.5 Å². The van der Waals surface area contributed by atoms with Crippen LogP contribution in [0.5, 0.6) is 0 Å². The van der Waals surface area contributed by atoms with Gasteiger partial charge in [-0.3, -0.25) is 4.79 Å². The fourth-order valence-electron chi connectivity index (χ4n) is 2.97. The zero-order chi connectivity index (χ0) is 21.1. The molecule has 1 amide bonds. The summed E-state index contributed by atoms with van der Waals surface area (Å²) in [5.41, 5.74) is 4.52. The third-order valence-corrected chi connectivity index (χ3v) is 5.27. The Bertz CT molecular complexity index is 1040. The molecule has 7 heteroatoms. The summed E-state index contributed by atoms with van der Waals surface area (Å²) in [7, 11) is 0. The van der Waals surface area contributed by atoms with E-state index >= 15 is 0 Å². The Hall–Kier alpha value is -3.06. The highest BCUT2D eigenvalue weighted by Crippen LogP contribution is 2.25. The lowest BCUT2D eigenvalue weighted by atomic mass is 10.0. The first-order valence-corrected chi connectivity index (χ1v) is 9.93. The number of nitrogens with one attached hydrogen (secondary N) is 1. The summed E-state index contributed by atoms with van der Waals surface area (Å²) in [6, 6.07) is 9.79. The maximum atomic E-state index is 13.1. The lowest BCUT2D eigenvalue weighted by molar-refractivity contribution is -0.123. The number of rotatable bonds is 5. The van der Waals surface area contributed by atoms with E-state index in [0.29, 0.717) is 10.6 Å². The summed E-state index contributed by atoms with van der Waals surface area (Å²) >= 11 is 1.25. The van der Waals surface area contributed by atoms with Crippen molar-refractivity contribution in [3.63, 3.8) is 0 Å². The Balaban J connectivity index is 1.66. The summed E-state index contributed by atoms with van der Waals surface area (Å²) in [6.45, 7) is 7.33. The van der Waals surface area contributed by atoms with Crippen molar-refractivity contribution in [1.82, 2.24) is 4.98 Å². The van der Waals surface area contributed by atoms with E-state index < -0.39 is 18.0 Å². The van der Waals surface area contributed by atoms with Gasteiger partial charge >= 0.3 is 5.97 Å². The fourth-order valence-corrected chi connectivity index (χ4v) is 3.76. The van der Waals surface area contributed by atoms with E-state index in [0.717, 1.165) is 22.4 Å². The molecule has 0 radical (unpaired) electrons. The van der Waals surface area contributed by atoms with Crippen molar-refractivity contribution in [2.24, 2.45) is 0 Å². The zero-order valence-corrected chi connectivity index (χ0v) is 17.4. The summed E-state index contributed by atoms with van der Waals surface area (Å²) < 4.78 is 18.3. The average Bonchev–Trinajstić information content (AvgIpc) is 3.15. The molecule has 0 aliphatic heterocycles. The van der Waals surface area contributed by atoms with Crippen LogP contribution in [0.15, 0.2) is 41.8 Å². The standard InChI is InChI=1S/C22H21FN2O3S/c1-12-9-13(2)19(14(3)10-12)25-20(26)15(4)28-22(27)18-11-29-21(24-18)16-5-7-17(23)8-6-16/h5-11,15H,1-4H3,(H,25,26)/t15-/m1/s1. The van der Waals surface area contributed by atoms with Crippen LogP contribution in [0.1, 0.15) is 34.1 Å². The van der Waals surface area contributed by atoms with E-state index in [1.54, 1.807) is 17.5 Å². The number of thiazole rings is 1. The number of esters is 1. The molecular formula is C22H21FN2O3S. The quantitative estimate of drug-likeness (QED) is 0.595. The first kappa shape index (κ1) is 20.7. The number of carbonyl (C=O) groups is 2. The second-order valence-corrected chi connectivity index (χ2v) is 7.71. The van der Waals surface area contributed by atoms with Gasteiger partial charge in [0.1, 0.15) is 10.8 Å². The van der Waals surface area contributed by atoms with Crippen LogP contribution in [0, 0.1) is 26.6 Å². The van der Waals surface area contributed by atoms with Crippen molar-refractivity contribution in [3.05, 3.63) is 70.0 Å². The van der Waals surface area contributed by atoms with Gasteiger partial charge in [-0.05, 0) is 63.1 Å². The van der Waals surface area contributed by atoms with Crippen molar-refractivity contribution >= 4 is 28.9 Å². The molecule has 3 aromatic rings. The number of ether oxygens (including phenoxy) is 1. The largest absolute Gasteiger partial charge is 0.448 e. The minimum atomic E-state index is -0.987. The van der Waals surface area contributed by atoms with Crippen LogP contribution < -0.4 is 5.32 Å². The first-order chi connectivity index (χ1) is 13.7. The van der Waals surface area contributed by atoms with Gasteiger partial charge in [-0.2, -0.15) is 0 Å². The predicted octanol–water partition coefficient (Wildman–Crippen LogP) is 5.06. The Morgan fingerprint density at radius 3 is 2.34 bits per heavy atom. The van der Waals surface area contributed by atoms with Crippen LogP contribution in [0.25, 0.3) is 10.6 Å². The molecule has 0 aliphatic rings. The molecule has 1 atom stereocenters. The summed E-state index contributed by atoms with van der Waals surface area (Å²) in [6.07, 6.45) is -0.987. The number of nitrogens with zero attached hydrogens (tertiary/aromatic N) is 1. The van der Waals surface area contributed by atoms with Gasteiger partial charge in [0.05, 0.1) is 0 Å². The van der Waals surface area contributed by atoms with Crippen LogP contribution in [-0.4, -0.2) is 23.0 Å². The third-order valence-electron chi connectivity index (χ3n) is 4.38. The van der Waals surface area contributed by atoms with E-state index in [2.05, 4.69) is 10.3 Å². The Labute approximate surface area is 172 Å². The highest BCUT2D eigenvalue weighted by molar-refractivity contribution is 7.13. The smallest absolute Gasteiger partial charge is 0.358 e. The Morgan fingerprint density at radius 2 is 1.72 bits per heavy atom. The number of aryl methyl sites for hydroxylation is 3. The van der Waals surface area contributed by atoms with Crippen molar-refractivity contribution in [2.75, 3.05) is 5.32 Å². The normalized spacial score (nSPS) is 11.8. The number of amides is 1. The number of benzene rings is 2. The van der Waals surface area contributed by atoms with Crippen molar-refractivity contribution in [1.29, 1.82) is 0 Å². The molecule has 1 heterocycles. The molecule has 0 aliphatic carbocycles. The minimum absolute atomic E-state index is 0.108. The van der Waals surface area contributed by atoms with E-state index in [1.807, 2.05) is 32.9 Å². The molecule has 0 saturated heterocycles. The third kappa shape index (κ3) is 4.86. The average molecular weight is 412 g/mol. The Kier molecular flexibility index (Phi) is 6.08. The monoisotopic (exact) mass is 412 g/mol. The van der Waals surface area contributed by atoms with Gasteiger partial charge < -0.3 is 10.1 Å². The maximum absolute atomic E-state index is 13.1. The van der Waals surface area contributed by atoms with Gasteiger partial charge in [-0.25, -0.2) is 14.2 Å². The topological polar surface area (TPSA) is 68.3 Å². The van der Waals surface area contributed by atoms with Gasteiger partial charge in [-0.1, -0.05) is 17.7 Å². The van der Waals surface area contributed by atoms with Gasteiger partial charge in [0.2, 0.25) is 0 Å². The summed E-state index contributed by atoms with van der Waals surface area (Å²) in [5.74, 6) is -1.44. The number of halogens is 1. The number of aromatic nitrogens is 1. The number of anilines is 1. The molecule has 0 spiro atoms. The van der Waals surface area contributed by atoms with Crippen molar-refractivity contribution in [3.8, 4) is 10.6 Å². The molecule has 29 heavy (non-hydrogen) atoms. The molecular weight excluding hydrogens is 391 g/mol. The molecule has 2 aromatic carbocycles. The van der Waals surface area contributed by atoms with Gasteiger partial charge in [0, 0.05) is 16.6 Å². The highest BCUT2D eigenvalue weighted by atomic mass is 32.1. The van der Waals surface area contributed by atoms with Crippen LogP contribution in [-0.2, 0) is 9.53 Å². The minimum Gasteiger partial charge on any atom is -0.448 e. The van der Waals surface area contributed by atoms with Crippen molar-refractivity contribution in [2.45, 2.75) is 33.8 Å². The molecule has 150 valence electrons. The summed E-state index contributed by atoms with van der Waals surface area (Å²) in [4.78, 5) is 29.1. The molecule has 0 bridgehead atoms. The predicted molar refractivity (Wildman–Crippen MR) is 112 cm³/mol. The molecule has 5 nitrogen and oxygen atoms in total. The lowest BCUT2D eigenvalue weighted by Gasteiger charge is -2.16. The Morgan fingerprint density at radius 1 is 1.10 bits per heavy atom. The van der Waals surface area contributed by atoms with Crippen LogP contribution in [0.4, 0.5) is 10.1 Å². The molecule has 0 saturated carbocycles. The number of carbonyl (C=O) groups excluding carboxylic acids is 2. The number of hydrogen-bond donors (Lipinski definition) is 1. The SMILES string of the molecule is Cc1cc(C)c(NC(=O)[C@@H](C)OC(=O)c2csc(-c3ccc(F)cc3)n2)c(C)c1. The maximum Gasteiger partial charge on any atom is 0.358 e. The van der Waals surface area contributed by atoms with Gasteiger partial charge in [0.25, 0.3) is 5.91 Å². The highest BCUT2D eigenvalue weighted by Gasteiger charge is 2.22. The fraction of sp³-hybridized carbons (Fsp3) is 0.227. The second-order valence-electron chi connectivity index (χ2n) is 6.86. The second kappa shape index (κ2) is 8.53. The van der Waals surface area contributed by atoms with E-state index in [4.69, 9.17) is 4.74 Å². The van der Waals surface area contributed by atoms with Crippen molar-refractivity contribution < 1.29 is 18.7 Å². The van der Waals surface area contributed by atoms with Gasteiger partial charge in [0.15, 0.2) is 11.8 Å². The molecule has 3 rings (SSSR count).